The lowest BCUT2D eigenvalue weighted by molar-refractivity contribution is -0.188. The van der Waals surface area contributed by atoms with Crippen molar-refractivity contribution in [2.75, 3.05) is 65.4 Å². The number of nitrogens with one attached hydrogen (secondary N) is 2. The second-order valence-corrected chi connectivity index (χ2v) is 16.3. The van der Waals surface area contributed by atoms with Gasteiger partial charge >= 0.3 is 0 Å². The summed E-state index contributed by atoms with van der Waals surface area (Å²) in [5, 5.41) is 17.9. The van der Waals surface area contributed by atoms with Gasteiger partial charge in [-0.3, -0.25) is 25.1 Å². The molecule has 6 unspecified atom stereocenters. The number of hydrogen-bond acceptors (Lipinski definition) is 10. The van der Waals surface area contributed by atoms with Crippen molar-refractivity contribution in [3.05, 3.63) is 36.4 Å². The molecule has 51 heavy (non-hydrogen) atoms. The molecule has 1 aromatic carbocycles. The monoisotopic (exact) mass is 701 g/mol. The van der Waals surface area contributed by atoms with Gasteiger partial charge in [-0.1, -0.05) is 38.3 Å². The number of nitrogens with zero attached hydrogens (tertiary/aromatic N) is 5. The van der Waals surface area contributed by atoms with E-state index in [2.05, 4.69) is 58.1 Å². The van der Waals surface area contributed by atoms with E-state index in [1.165, 1.54) is 25.3 Å². The lowest BCUT2D eigenvalue weighted by Gasteiger charge is -2.64. The fourth-order valence-corrected chi connectivity index (χ4v) is 11.1. The van der Waals surface area contributed by atoms with Crippen LogP contribution in [0, 0.1) is 28.6 Å². The Morgan fingerprint density at radius 2 is 1.88 bits per heavy atom. The number of Topliss-reactive ketones (excluding diaryl/α,β-unsaturated/α-hetero) is 1. The number of carbonyl (C=O) groups is 2. The number of methoxy groups -OCH3 is 1. The van der Waals surface area contributed by atoms with Gasteiger partial charge in [0.25, 0.3) is 0 Å². The van der Waals surface area contributed by atoms with Crippen LogP contribution in [0.2, 0.25) is 0 Å². The molecule has 0 radical (unpaired) electrons. The number of ether oxygens (including phenoxy) is 2. The van der Waals surface area contributed by atoms with Gasteiger partial charge in [0.2, 0.25) is 5.91 Å². The lowest BCUT2D eigenvalue weighted by Crippen LogP contribution is -2.83. The first kappa shape index (κ1) is 36.4. The molecular weight excluding hydrogens is 642 g/mol. The number of likely N-dealkylation sites (N-methyl/N-ethyl adjacent to an activating group) is 1. The van der Waals surface area contributed by atoms with Crippen LogP contribution in [0.4, 0.5) is 5.69 Å². The molecule has 7 atom stereocenters. The number of hydrogen-bond donors (Lipinski definition) is 2. The first-order valence-electron chi connectivity index (χ1n) is 19.6. The third-order valence-electron chi connectivity index (χ3n) is 13.6. The number of amides is 1. The van der Waals surface area contributed by atoms with E-state index in [1.54, 1.807) is 7.11 Å². The van der Waals surface area contributed by atoms with Crippen LogP contribution in [0.1, 0.15) is 76.2 Å². The van der Waals surface area contributed by atoms with Gasteiger partial charge in [0, 0.05) is 56.4 Å². The minimum Gasteiger partial charge on any atom is -0.496 e. The Hall–Kier alpha value is -3.01. The maximum atomic E-state index is 15.5. The smallest absolute Gasteiger partial charge is 0.246 e. The van der Waals surface area contributed by atoms with Crippen LogP contribution in [0.5, 0.6) is 5.75 Å². The second-order valence-electron chi connectivity index (χ2n) is 16.3. The van der Waals surface area contributed by atoms with Gasteiger partial charge in [0.15, 0.2) is 12.1 Å². The van der Waals surface area contributed by atoms with Crippen molar-refractivity contribution in [1.29, 1.82) is 5.26 Å². The van der Waals surface area contributed by atoms with Crippen LogP contribution >= 0.6 is 0 Å². The van der Waals surface area contributed by atoms with Crippen LogP contribution in [-0.4, -0.2) is 117 Å². The van der Waals surface area contributed by atoms with E-state index >= 15 is 4.79 Å². The van der Waals surface area contributed by atoms with Crippen molar-refractivity contribution in [2.45, 2.75) is 107 Å². The summed E-state index contributed by atoms with van der Waals surface area (Å²) in [6.07, 6.45) is 12.7. The SMILES string of the molecule is C=CC(=O)N1CCN(C2(C3CCCCCC3)NC(OCC3CCCN3C)NC3C(=O)[C@@]4(CCC32)Cc2c(OC)cccc2N(C)C4)CC1CC#N. The number of anilines is 1. The Morgan fingerprint density at radius 1 is 1.08 bits per heavy atom. The topological polar surface area (TPSA) is 113 Å². The van der Waals surface area contributed by atoms with Gasteiger partial charge in [-0.05, 0) is 82.7 Å². The summed E-state index contributed by atoms with van der Waals surface area (Å²) < 4.78 is 12.7. The highest BCUT2D eigenvalue weighted by atomic mass is 16.5. The number of rotatable bonds is 8. The average Bonchev–Trinajstić information content (AvgIpc) is 3.36. The van der Waals surface area contributed by atoms with Gasteiger partial charge in [-0.2, -0.15) is 5.26 Å². The third kappa shape index (κ3) is 6.61. The summed E-state index contributed by atoms with van der Waals surface area (Å²) in [5.74, 6) is 1.31. The summed E-state index contributed by atoms with van der Waals surface area (Å²) >= 11 is 0. The number of likely N-dealkylation sites (tertiary alicyclic amines) is 1. The first-order valence-corrected chi connectivity index (χ1v) is 19.6. The predicted molar refractivity (Wildman–Crippen MR) is 197 cm³/mol. The molecule has 1 amide bonds. The van der Waals surface area contributed by atoms with Crippen molar-refractivity contribution < 1.29 is 19.1 Å². The third-order valence-corrected chi connectivity index (χ3v) is 13.6. The van der Waals surface area contributed by atoms with Crippen LogP contribution < -0.4 is 20.3 Å². The largest absolute Gasteiger partial charge is 0.496 e. The van der Waals surface area contributed by atoms with Crippen molar-refractivity contribution >= 4 is 17.4 Å². The molecule has 0 bridgehead atoms. The summed E-state index contributed by atoms with van der Waals surface area (Å²) in [7, 11) is 6.00. The zero-order chi connectivity index (χ0) is 35.8. The summed E-state index contributed by atoms with van der Waals surface area (Å²) in [6, 6.07) is 8.25. The quantitative estimate of drug-likeness (QED) is 0.306. The Kier molecular flexibility index (Phi) is 10.8. The predicted octanol–water partition coefficient (Wildman–Crippen LogP) is 3.89. The van der Waals surface area contributed by atoms with E-state index < -0.39 is 23.5 Å². The molecule has 6 aliphatic rings. The lowest BCUT2D eigenvalue weighted by atomic mass is 9.57. The summed E-state index contributed by atoms with van der Waals surface area (Å²) in [6.45, 7) is 7.86. The summed E-state index contributed by atoms with van der Waals surface area (Å²) in [5.41, 5.74) is 1.17. The van der Waals surface area contributed by atoms with E-state index in [9.17, 15) is 10.1 Å². The van der Waals surface area contributed by atoms with Crippen molar-refractivity contribution in [3.8, 4) is 11.8 Å². The molecule has 7 rings (SSSR count). The van der Waals surface area contributed by atoms with Gasteiger partial charge in [-0.25, -0.2) is 0 Å². The number of piperazine rings is 1. The first-order chi connectivity index (χ1) is 24.7. The minimum absolute atomic E-state index is 0.00138. The van der Waals surface area contributed by atoms with E-state index in [1.807, 2.05) is 17.0 Å². The molecule has 5 fully saturated rings. The molecule has 1 spiro atoms. The molecule has 4 aliphatic heterocycles. The number of ketones is 1. The molecule has 0 aromatic heterocycles. The fraction of sp³-hybridized carbons (Fsp3) is 0.725. The maximum Gasteiger partial charge on any atom is 0.246 e. The van der Waals surface area contributed by atoms with E-state index in [0.29, 0.717) is 51.2 Å². The summed E-state index contributed by atoms with van der Waals surface area (Å²) in [4.78, 5) is 37.5. The minimum atomic E-state index is -0.550. The van der Waals surface area contributed by atoms with Crippen LogP contribution in [0.3, 0.4) is 0 Å². The molecular formula is C40H59N7O4. The molecule has 278 valence electrons. The van der Waals surface area contributed by atoms with Crippen molar-refractivity contribution in [1.82, 2.24) is 25.3 Å². The van der Waals surface area contributed by atoms with Crippen LogP contribution in [0.25, 0.3) is 0 Å². The maximum absolute atomic E-state index is 15.5. The standard InChI is InChI=1S/C40H59N7O4/c1-5-35(48)47-23-22-46(25-29(47)18-20-41)40(28-12-8-6-7-9-13-28)32-17-19-39(24-31-33(45(3)27-39)15-10-16-34(31)50-4)37(49)36(32)42-38(43-40)51-26-30-14-11-21-44(30)2/h5,10,15-16,28-30,32,36,38,42-43H,1,6-9,11-14,17-19,21-27H2,2-4H3/t29?,30?,32?,36?,38?,39-,40?/m0/s1. The number of nitriles is 1. The van der Waals surface area contributed by atoms with E-state index in [4.69, 9.17) is 9.47 Å². The molecule has 11 nitrogen and oxygen atoms in total. The van der Waals surface area contributed by atoms with Gasteiger partial charge in [0.05, 0.1) is 49.4 Å². The van der Waals surface area contributed by atoms with E-state index in [0.717, 1.165) is 68.5 Å². The normalized spacial score (nSPS) is 35.2. The zero-order valence-corrected chi connectivity index (χ0v) is 31.1. The second kappa shape index (κ2) is 15.2. The van der Waals surface area contributed by atoms with Crippen LogP contribution in [0.15, 0.2) is 30.9 Å². The number of fused-ring (bicyclic) bond motifs is 2. The molecule has 1 aromatic rings. The van der Waals surface area contributed by atoms with Gasteiger partial charge < -0.3 is 24.2 Å². The number of carbonyl (C=O) groups excluding carboxylic acids is 2. The Bertz CT molecular complexity index is 1490. The van der Waals surface area contributed by atoms with Crippen LogP contribution in [-0.2, 0) is 20.7 Å². The highest BCUT2D eigenvalue weighted by molar-refractivity contribution is 5.93. The zero-order valence-electron chi connectivity index (χ0n) is 31.1. The van der Waals surface area contributed by atoms with Gasteiger partial charge in [0.1, 0.15) is 5.75 Å². The molecule has 3 saturated heterocycles. The highest BCUT2D eigenvalue weighted by Gasteiger charge is 2.63. The average molecular weight is 702 g/mol. The Labute approximate surface area is 304 Å². The number of benzene rings is 1. The molecule has 2 saturated carbocycles. The Balaban J connectivity index is 1.29. The molecule has 2 N–H and O–H groups in total. The van der Waals surface area contributed by atoms with Crippen molar-refractivity contribution in [2.24, 2.45) is 17.3 Å². The van der Waals surface area contributed by atoms with E-state index in [-0.39, 0.29) is 30.1 Å². The molecule has 11 heteroatoms. The Morgan fingerprint density at radius 3 is 2.59 bits per heavy atom. The molecule has 4 heterocycles. The van der Waals surface area contributed by atoms with Crippen molar-refractivity contribution in [3.63, 3.8) is 0 Å². The van der Waals surface area contributed by atoms with Gasteiger partial charge in [-0.15, -0.1) is 0 Å². The molecule has 2 aliphatic carbocycles. The fourth-order valence-electron chi connectivity index (χ4n) is 11.1. The highest BCUT2D eigenvalue weighted by Crippen LogP contribution is 2.53.